The monoisotopic (exact) mass is 96.1 g/mol. The minimum atomic E-state index is -0.536. The summed E-state index contributed by atoms with van der Waals surface area (Å²) in [6.45, 7) is 1.81. The van der Waals surface area contributed by atoms with E-state index >= 15 is 0 Å². The van der Waals surface area contributed by atoms with Crippen LogP contribution in [-0.4, -0.2) is 0 Å². The van der Waals surface area contributed by atoms with Gasteiger partial charge in [0.1, 0.15) is 0 Å². The predicted molar refractivity (Wildman–Crippen MR) is 32.1 cm³/mol. The molecule has 1 aliphatic rings. The molecule has 38 valence electrons. The average Bonchev–Trinajstić information content (AvgIpc) is 1.60. The van der Waals surface area contributed by atoms with E-state index in [1.54, 1.807) is 12.2 Å². The quantitative estimate of drug-likeness (QED) is 0.433. The van der Waals surface area contributed by atoms with Gasteiger partial charge in [-0.05, 0) is 12.3 Å². The van der Waals surface area contributed by atoms with Crippen molar-refractivity contribution >= 4 is 0 Å². The molecule has 1 rings (SSSR count). The molecule has 1 unspecified atom stereocenters. The summed E-state index contributed by atoms with van der Waals surface area (Å²) in [5.74, 6) is -0.536. The summed E-state index contributed by atoms with van der Waals surface area (Å²) >= 11 is 0. The lowest BCUT2D eigenvalue weighted by Gasteiger charge is -2.02. The first-order chi connectivity index (χ1) is 4.10. The van der Waals surface area contributed by atoms with Crippen molar-refractivity contribution in [1.82, 2.24) is 0 Å². The molecule has 0 aromatic carbocycles. The fourth-order valence-electron chi connectivity index (χ4n) is 0.562. The molecular weight excluding hydrogens is 84.1 g/mol. The number of hydrogen-bond acceptors (Lipinski definition) is 0. The van der Waals surface area contributed by atoms with Crippen molar-refractivity contribution in [3.8, 4) is 0 Å². The average molecular weight is 96.2 g/mol. The van der Waals surface area contributed by atoms with Crippen molar-refractivity contribution in [3.63, 3.8) is 0 Å². The second kappa shape index (κ2) is 1.97. The van der Waals surface area contributed by atoms with Gasteiger partial charge in [0.2, 0.25) is 0 Å². The number of hydrogen-bond donors (Lipinski definition) is 0. The maximum Gasteiger partial charge on any atom is 0.0619 e. The zero-order valence-corrected chi connectivity index (χ0v) is 4.44. The van der Waals surface area contributed by atoms with Gasteiger partial charge in [-0.25, -0.2) is 0 Å². The fraction of sp³-hybridized carbons (Fsp3) is 0.429. The molecule has 0 aromatic heterocycles. The topological polar surface area (TPSA) is 0 Å². The molecule has 0 aliphatic heterocycles. The molecule has 0 aromatic rings. The lowest BCUT2D eigenvalue weighted by Crippen LogP contribution is -1.87. The first-order valence-electron chi connectivity index (χ1n) is 3.46. The fourth-order valence-corrected chi connectivity index (χ4v) is 0.562. The highest BCUT2D eigenvalue weighted by molar-refractivity contribution is 5.09. The van der Waals surface area contributed by atoms with Crippen LogP contribution in [0.25, 0.3) is 0 Å². The van der Waals surface area contributed by atoms with Crippen LogP contribution in [0.2, 0.25) is 0 Å². The minimum absolute atomic E-state index is 0.457. The molecule has 7 heavy (non-hydrogen) atoms. The van der Waals surface area contributed by atoms with E-state index in [1.165, 1.54) is 0 Å². The third-order valence-electron chi connectivity index (χ3n) is 0.984. The highest BCUT2D eigenvalue weighted by Gasteiger charge is 1.93. The summed E-state index contributed by atoms with van der Waals surface area (Å²) < 4.78 is 14.7. The van der Waals surface area contributed by atoms with Gasteiger partial charge >= 0.3 is 0 Å². The highest BCUT2D eigenvalue weighted by Crippen LogP contribution is 2.08. The van der Waals surface area contributed by atoms with Gasteiger partial charge in [-0.15, -0.1) is 0 Å². The van der Waals surface area contributed by atoms with Crippen molar-refractivity contribution in [2.45, 2.75) is 13.3 Å². The van der Waals surface area contributed by atoms with E-state index < -0.39 is 5.89 Å². The standard InChI is InChI=1S/C7H10/c1-7-5-3-2-4-6-7/h2-5,7H,6H2,1H3/i3D,7D. The molecule has 1 atom stereocenters. The first-order valence-corrected chi connectivity index (χ1v) is 2.46. The Morgan fingerprint density at radius 2 is 2.86 bits per heavy atom. The van der Waals surface area contributed by atoms with E-state index in [-0.39, 0.29) is 0 Å². The molecule has 0 spiro atoms. The van der Waals surface area contributed by atoms with Crippen LogP contribution in [0.4, 0.5) is 0 Å². The Kier molecular flexibility index (Phi) is 0.760. The van der Waals surface area contributed by atoms with Gasteiger partial charge in [0.25, 0.3) is 0 Å². The largest absolute Gasteiger partial charge is 0.0840 e. The smallest absolute Gasteiger partial charge is 0.0619 e. The number of allylic oxidation sites excluding steroid dienone is 4. The van der Waals surface area contributed by atoms with Crippen molar-refractivity contribution < 1.29 is 2.74 Å². The molecule has 0 heteroatoms. The van der Waals surface area contributed by atoms with Crippen LogP contribution in [0.15, 0.2) is 24.3 Å². The summed E-state index contributed by atoms with van der Waals surface area (Å²) in [7, 11) is 0. The molecule has 0 saturated carbocycles. The molecule has 0 amide bonds. The molecule has 0 fully saturated rings. The van der Waals surface area contributed by atoms with Crippen LogP contribution in [0.3, 0.4) is 0 Å². The van der Waals surface area contributed by atoms with Gasteiger partial charge in [-0.3, -0.25) is 0 Å². The van der Waals surface area contributed by atoms with Gasteiger partial charge in [0.15, 0.2) is 0 Å². The van der Waals surface area contributed by atoms with Gasteiger partial charge < -0.3 is 0 Å². The first kappa shape index (κ1) is 2.71. The van der Waals surface area contributed by atoms with Crippen LogP contribution in [0.1, 0.15) is 16.1 Å². The zero-order chi connectivity index (χ0) is 6.91. The van der Waals surface area contributed by atoms with E-state index in [0.29, 0.717) is 6.05 Å². The molecule has 0 bridgehead atoms. The lowest BCUT2D eigenvalue weighted by atomic mass is 10.0. The third kappa shape index (κ3) is 1.19. The van der Waals surface area contributed by atoms with Crippen molar-refractivity contribution in [2.75, 3.05) is 0 Å². The maximum absolute atomic E-state index is 7.51. The van der Waals surface area contributed by atoms with E-state index in [9.17, 15) is 0 Å². The third-order valence-corrected chi connectivity index (χ3v) is 0.984. The number of rotatable bonds is 0. The lowest BCUT2D eigenvalue weighted by molar-refractivity contribution is 0.737. The summed E-state index contributed by atoms with van der Waals surface area (Å²) in [5, 5.41) is 0. The van der Waals surface area contributed by atoms with Crippen LogP contribution < -0.4 is 0 Å². The van der Waals surface area contributed by atoms with E-state index in [1.807, 2.05) is 13.0 Å². The van der Waals surface area contributed by atoms with Crippen LogP contribution >= 0.6 is 0 Å². The van der Waals surface area contributed by atoms with Gasteiger partial charge in [0.05, 0.1) is 1.37 Å². The van der Waals surface area contributed by atoms with E-state index in [2.05, 4.69) is 0 Å². The molecule has 1 aliphatic carbocycles. The van der Waals surface area contributed by atoms with E-state index in [4.69, 9.17) is 2.74 Å². The van der Waals surface area contributed by atoms with Crippen molar-refractivity contribution in [1.29, 1.82) is 0 Å². The Hall–Kier alpha value is -0.520. The van der Waals surface area contributed by atoms with Crippen molar-refractivity contribution in [3.05, 3.63) is 24.3 Å². The molecular formula is C7H10. The Morgan fingerprint density at radius 1 is 2.00 bits per heavy atom. The summed E-state index contributed by atoms with van der Waals surface area (Å²) in [6.07, 6.45) is 5.99. The molecule has 0 radical (unpaired) electrons. The predicted octanol–water partition coefficient (Wildman–Crippen LogP) is 2.14. The molecule has 0 heterocycles. The second-order valence-electron chi connectivity index (χ2n) is 1.76. The summed E-state index contributed by atoms with van der Waals surface area (Å²) in [5.41, 5.74) is 0. The van der Waals surface area contributed by atoms with Crippen LogP contribution in [-0.2, 0) is 0 Å². The van der Waals surface area contributed by atoms with Crippen LogP contribution in [0, 0.1) is 5.89 Å². The Labute approximate surface area is 47.4 Å². The highest BCUT2D eigenvalue weighted by atomic mass is 14.0. The second-order valence-corrected chi connectivity index (χ2v) is 1.76. The van der Waals surface area contributed by atoms with Crippen molar-refractivity contribution in [2.24, 2.45) is 5.89 Å². The summed E-state index contributed by atoms with van der Waals surface area (Å²) in [4.78, 5) is 0. The normalized spacial score (nSPS) is 44.4. The SMILES string of the molecule is [2H]C1=CC([2H])(C)CC=C1. The van der Waals surface area contributed by atoms with Gasteiger partial charge in [-0.1, -0.05) is 31.2 Å². The molecule has 0 N–H and O–H groups in total. The van der Waals surface area contributed by atoms with Crippen LogP contribution in [0.5, 0.6) is 0 Å². The summed E-state index contributed by atoms with van der Waals surface area (Å²) in [6, 6.07) is 0.457. The van der Waals surface area contributed by atoms with Gasteiger partial charge in [0, 0.05) is 1.37 Å². The zero-order valence-electron chi connectivity index (χ0n) is 6.44. The minimum Gasteiger partial charge on any atom is -0.0840 e. The Balaban J connectivity index is 2.78. The van der Waals surface area contributed by atoms with Gasteiger partial charge in [-0.2, -0.15) is 0 Å². The van der Waals surface area contributed by atoms with E-state index in [0.717, 1.165) is 6.42 Å². The molecule has 0 nitrogen and oxygen atoms in total. The Bertz CT molecular complexity index is 166. The molecule has 0 saturated heterocycles. The maximum atomic E-state index is 7.51. The Morgan fingerprint density at radius 3 is 3.29 bits per heavy atom.